The van der Waals surface area contributed by atoms with Gasteiger partial charge in [-0.25, -0.2) is 4.98 Å². The molecule has 10 heteroatoms. The molecule has 0 bridgehead atoms. The highest BCUT2D eigenvalue weighted by Crippen LogP contribution is 2.17. The van der Waals surface area contributed by atoms with Crippen molar-refractivity contribution in [1.29, 1.82) is 0 Å². The molecule has 0 radical (unpaired) electrons. The van der Waals surface area contributed by atoms with Gasteiger partial charge < -0.3 is 9.73 Å². The maximum atomic E-state index is 11.7. The highest BCUT2D eigenvalue weighted by molar-refractivity contribution is 9.10. The minimum Gasteiger partial charge on any atom is -0.396 e. The predicted molar refractivity (Wildman–Crippen MR) is 74.3 cm³/mol. The lowest BCUT2D eigenvalue weighted by Gasteiger charge is -2.02. The van der Waals surface area contributed by atoms with E-state index in [9.17, 15) is 4.79 Å². The minimum absolute atomic E-state index is 0.162. The minimum atomic E-state index is -0.196. The third kappa shape index (κ3) is 2.96. The van der Waals surface area contributed by atoms with E-state index in [1.807, 2.05) is 0 Å². The van der Waals surface area contributed by atoms with Crippen LogP contribution < -0.4 is 5.32 Å². The van der Waals surface area contributed by atoms with Crippen LogP contribution in [0.5, 0.6) is 0 Å². The molecule has 1 N–H and O–H groups in total. The molecule has 8 nitrogen and oxygen atoms in total. The van der Waals surface area contributed by atoms with Crippen molar-refractivity contribution >= 4 is 45.3 Å². The summed E-state index contributed by atoms with van der Waals surface area (Å²) in [5.41, 5.74) is 0. The zero-order valence-corrected chi connectivity index (χ0v) is 12.3. The van der Waals surface area contributed by atoms with Gasteiger partial charge in [-0.05, 0) is 28.1 Å². The highest BCUT2D eigenvalue weighted by atomic mass is 79.9. The average Bonchev–Trinajstić information content (AvgIpc) is 3.00. The van der Waals surface area contributed by atoms with Gasteiger partial charge in [-0.15, -0.1) is 10.2 Å². The predicted octanol–water partition coefficient (Wildman–Crippen LogP) is 1.61. The van der Waals surface area contributed by atoms with Crippen LogP contribution in [0.25, 0.3) is 5.84 Å². The fraction of sp³-hybridized carbons (Fsp3) is 0.100. The molecular formula is C10H7BrN6O2S. The van der Waals surface area contributed by atoms with Crippen molar-refractivity contribution in [1.82, 2.24) is 24.8 Å². The molecule has 0 unspecified atom stereocenters. The lowest BCUT2D eigenvalue weighted by atomic mass is 10.4. The molecule has 0 saturated heterocycles. The van der Waals surface area contributed by atoms with Crippen LogP contribution in [0.4, 0.5) is 5.82 Å². The smallest absolute Gasteiger partial charge is 0.345 e. The maximum absolute atomic E-state index is 11.7. The van der Waals surface area contributed by atoms with Gasteiger partial charge in [0.15, 0.2) is 0 Å². The van der Waals surface area contributed by atoms with Gasteiger partial charge in [0.25, 0.3) is 5.22 Å². The topological polar surface area (TPSA) is 98.2 Å². The number of pyridine rings is 1. The van der Waals surface area contributed by atoms with Crippen molar-refractivity contribution in [3.63, 3.8) is 0 Å². The summed E-state index contributed by atoms with van der Waals surface area (Å²) >= 11 is 4.44. The highest BCUT2D eigenvalue weighted by Gasteiger charge is 2.10. The van der Waals surface area contributed by atoms with Gasteiger partial charge in [-0.3, -0.25) is 4.79 Å². The lowest BCUT2D eigenvalue weighted by Crippen LogP contribution is -2.14. The Bertz CT molecular complexity index is 711. The fourth-order valence-electron chi connectivity index (χ4n) is 1.36. The molecule has 3 rings (SSSR count). The number of hydrogen-bond acceptors (Lipinski definition) is 7. The molecule has 3 aromatic rings. The van der Waals surface area contributed by atoms with Gasteiger partial charge in [0.2, 0.25) is 5.91 Å². The van der Waals surface area contributed by atoms with Crippen molar-refractivity contribution < 1.29 is 9.21 Å². The van der Waals surface area contributed by atoms with Crippen molar-refractivity contribution in [3.8, 4) is 0 Å². The molecule has 0 aliphatic rings. The summed E-state index contributed by atoms with van der Waals surface area (Å²) in [4.78, 5) is 15.8. The molecule has 0 fully saturated rings. The van der Waals surface area contributed by atoms with E-state index in [2.05, 4.69) is 41.5 Å². The summed E-state index contributed by atoms with van der Waals surface area (Å²) < 4.78 is 7.51. The van der Waals surface area contributed by atoms with Crippen LogP contribution in [0.1, 0.15) is 0 Å². The molecule has 0 saturated carbocycles. The molecule has 0 aliphatic heterocycles. The Labute approximate surface area is 125 Å². The van der Waals surface area contributed by atoms with E-state index >= 15 is 0 Å². The molecule has 20 heavy (non-hydrogen) atoms. The zero-order chi connectivity index (χ0) is 13.9. The van der Waals surface area contributed by atoms with E-state index in [0.29, 0.717) is 16.9 Å². The molecule has 0 aliphatic carbocycles. The van der Waals surface area contributed by atoms with E-state index in [-0.39, 0.29) is 11.7 Å². The first-order valence-electron chi connectivity index (χ1n) is 5.42. The van der Waals surface area contributed by atoms with Crippen molar-refractivity contribution in [3.05, 3.63) is 29.1 Å². The first-order valence-corrected chi connectivity index (χ1v) is 7.19. The number of carbonyl (C=O) groups excluding carboxylic acids is 1. The van der Waals surface area contributed by atoms with Gasteiger partial charge in [-0.1, -0.05) is 16.9 Å². The SMILES string of the molecule is O=C(CSc1nn2cnnc2o1)Nc1ccc(Br)cn1. The van der Waals surface area contributed by atoms with Crippen LogP contribution in [-0.2, 0) is 4.79 Å². The number of thioether (sulfide) groups is 1. The molecule has 3 heterocycles. The Morgan fingerprint density at radius 3 is 3.15 bits per heavy atom. The van der Waals surface area contributed by atoms with Crippen LogP contribution in [-0.4, -0.2) is 36.5 Å². The Morgan fingerprint density at radius 1 is 1.50 bits per heavy atom. The molecule has 102 valence electrons. The third-order valence-corrected chi connectivity index (χ3v) is 3.48. The normalized spacial score (nSPS) is 10.8. The van der Waals surface area contributed by atoms with Crippen molar-refractivity contribution in [2.24, 2.45) is 0 Å². The number of fused-ring (bicyclic) bond motifs is 1. The monoisotopic (exact) mass is 354 g/mol. The first kappa shape index (κ1) is 13.1. The van der Waals surface area contributed by atoms with E-state index in [4.69, 9.17) is 4.42 Å². The van der Waals surface area contributed by atoms with E-state index in [0.717, 1.165) is 4.47 Å². The second kappa shape index (κ2) is 5.59. The Hall–Kier alpha value is -1.94. The number of amides is 1. The molecule has 1 amide bonds. The molecule has 0 spiro atoms. The molecule has 0 atom stereocenters. The van der Waals surface area contributed by atoms with Gasteiger partial charge >= 0.3 is 5.84 Å². The number of aromatic nitrogens is 5. The van der Waals surface area contributed by atoms with Crippen LogP contribution in [0.2, 0.25) is 0 Å². The summed E-state index contributed by atoms with van der Waals surface area (Å²) in [6.07, 6.45) is 3.04. The third-order valence-electron chi connectivity index (χ3n) is 2.19. The van der Waals surface area contributed by atoms with E-state index < -0.39 is 0 Å². The number of anilines is 1. The summed E-state index contributed by atoms with van der Waals surface area (Å²) in [6.45, 7) is 0. The van der Waals surface area contributed by atoms with Gasteiger partial charge in [0.1, 0.15) is 12.1 Å². The van der Waals surface area contributed by atoms with Crippen molar-refractivity contribution in [2.45, 2.75) is 5.22 Å². The Balaban J connectivity index is 1.56. The Morgan fingerprint density at radius 2 is 2.40 bits per heavy atom. The summed E-state index contributed by atoms with van der Waals surface area (Å²) in [5.74, 6) is 0.751. The number of nitrogens with one attached hydrogen (secondary N) is 1. The maximum Gasteiger partial charge on any atom is 0.345 e. The Kier molecular flexibility index (Phi) is 3.65. The average molecular weight is 355 g/mol. The number of halogens is 1. The number of nitrogens with zero attached hydrogens (tertiary/aromatic N) is 5. The van der Waals surface area contributed by atoms with Gasteiger partial charge in [-0.2, -0.15) is 4.52 Å². The summed E-state index contributed by atoms with van der Waals surface area (Å²) in [6, 6.07) is 3.50. The fourth-order valence-corrected chi connectivity index (χ4v) is 2.20. The van der Waals surface area contributed by atoms with Crippen LogP contribution in [0.3, 0.4) is 0 Å². The summed E-state index contributed by atoms with van der Waals surface area (Å²) in [5, 5.41) is 14.4. The second-order valence-electron chi connectivity index (χ2n) is 3.62. The largest absolute Gasteiger partial charge is 0.396 e. The zero-order valence-electron chi connectivity index (χ0n) is 9.86. The second-order valence-corrected chi connectivity index (χ2v) is 5.47. The molecule has 3 aromatic heterocycles. The summed E-state index contributed by atoms with van der Waals surface area (Å²) in [7, 11) is 0. The van der Waals surface area contributed by atoms with Crippen molar-refractivity contribution in [2.75, 3.05) is 11.1 Å². The molecule has 0 aromatic carbocycles. The van der Waals surface area contributed by atoms with Crippen LogP contribution in [0.15, 0.2) is 38.8 Å². The van der Waals surface area contributed by atoms with E-state index in [1.165, 1.54) is 22.6 Å². The quantitative estimate of drug-likeness (QED) is 0.710. The number of rotatable bonds is 4. The lowest BCUT2D eigenvalue weighted by molar-refractivity contribution is -0.113. The number of carbonyl (C=O) groups is 1. The van der Waals surface area contributed by atoms with Gasteiger partial charge in [0.05, 0.1) is 5.75 Å². The van der Waals surface area contributed by atoms with E-state index in [1.54, 1.807) is 18.3 Å². The standard InChI is InChI=1S/C10H7BrN6O2S/c11-6-1-2-7(12-3-6)14-8(18)4-20-10-16-17-5-13-15-9(17)19-10/h1-3,5H,4H2,(H,12,14,18). The van der Waals surface area contributed by atoms with Crippen LogP contribution in [0, 0.1) is 0 Å². The molecular weight excluding hydrogens is 348 g/mol. The number of hydrogen-bond donors (Lipinski definition) is 1. The first-order chi connectivity index (χ1) is 9.70. The van der Waals surface area contributed by atoms with Gasteiger partial charge in [0, 0.05) is 10.7 Å². The van der Waals surface area contributed by atoms with Crippen LogP contribution >= 0.6 is 27.7 Å².